The quantitative estimate of drug-likeness (QED) is 0.484. The lowest BCUT2D eigenvalue weighted by Gasteiger charge is -2.25. The van der Waals surface area contributed by atoms with Gasteiger partial charge in [0.1, 0.15) is 12.6 Å². The van der Waals surface area contributed by atoms with E-state index >= 15 is 0 Å². The molecule has 0 saturated heterocycles. The Balaban J connectivity index is 1.65. The highest BCUT2D eigenvalue weighted by Crippen LogP contribution is 2.44. The molecule has 0 saturated carbocycles. The number of alkyl halides is 3. The molecule has 7 nitrogen and oxygen atoms in total. The number of carbonyl (C=O) groups is 3. The molecule has 0 spiro atoms. The second-order valence-corrected chi connectivity index (χ2v) is 8.51. The van der Waals surface area contributed by atoms with Crippen molar-refractivity contribution < 1.29 is 37.4 Å². The second-order valence-electron chi connectivity index (χ2n) is 8.51. The van der Waals surface area contributed by atoms with Crippen LogP contribution in [0.1, 0.15) is 37.3 Å². The summed E-state index contributed by atoms with van der Waals surface area (Å²) in [7, 11) is 0. The van der Waals surface area contributed by atoms with E-state index < -0.39 is 48.6 Å². The van der Waals surface area contributed by atoms with Crippen LogP contribution < -0.4 is 10.6 Å². The molecule has 1 aliphatic carbocycles. The van der Waals surface area contributed by atoms with E-state index in [4.69, 9.17) is 9.84 Å². The maximum absolute atomic E-state index is 12.9. The zero-order valence-corrected chi connectivity index (χ0v) is 19.3. The van der Waals surface area contributed by atoms with Crippen LogP contribution in [0.15, 0.2) is 48.5 Å². The number of aliphatic carboxylic acids is 1. The van der Waals surface area contributed by atoms with Crippen LogP contribution in [-0.4, -0.2) is 48.4 Å². The summed E-state index contributed by atoms with van der Waals surface area (Å²) in [4.78, 5) is 36.1. The Morgan fingerprint density at radius 3 is 2.06 bits per heavy atom. The van der Waals surface area contributed by atoms with Gasteiger partial charge in [0.05, 0.1) is 0 Å². The Morgan fingerprint density at radius 1 is 1.03 bits per heavy atom. The fourth-order valence-electron chi connectivity index (χ4n) is 4.12. The highest BCUT2D eigenvalue weighted by Gasteiger charge is 2.45. The number of carbonyl (C=O) groups excluding carboxylic acids is 2. The smallest absolute Gasteiger partial charge is 0.407 e. The molecule has 0 heterocycles. The fourth-order valence-corrected chi connectivity index (χ4v) is 4.12. The van der Waals surface area contributed by atoms with Crippen molar-refractivity contribution in [3.8, 4) is 11.1 Å². The number of amides is 2. The summed E-state index contributed by atoms with van der Waals surface area (Å²) in [5, 5.41) is 13.2. The predicted octanol–water partition coefficient (Wildman–Crippen LogP) is 4.32. The maximum Gasteiger partial charge on any atom is 0.407 e. The highest BCUT2D eigenvalue weighted by molar-refractivity contribution is 5.86. The standard InChI is InChI=1S/C25H27F3N2O5/c1-3-14(2)21(22(31)29-12-20(23(32)33)25(26,27)28)30-24(34)35-13-19-17-10-6-4-8-15(17)16-9-5-7-11-18(16)19/h4-11,14,19-21H,3,12-13H2,1-2H3,(H,29,31)(H,30,34)(H,32,33)/t14-,20?,21-/m0/s1. The monoisotopic (exact) mass is 492 g/mol. The molecule has 3 atom stereocenters. The average Bonchev–Trinajstić information content (AvgIpc) is 3.13. The first-order valence-electron chi connectivity index (χ1n) is 11.2. The largest absolute Gasteiger partial charge is 0.481 e. The number of ether oxygens (including phenoxy) is 1. The predicted molar refractivity (Wildman–Crippen MR) is 122 cm³/mol. The number of benzene rings is 2. The third-order valence-corrected chi connectivity index (χ3v) is 6.29. The number of alkyl carbamates (subject to hydrolysis) is 1. The van der Waals surface area contributed by atoms with E-state index in [-0.39, 0.29) is 12.5 Å². The molecule has 10 heteroatoms. The van der Waals surface area contributed by atoms with Gasteiger partial charge in [-0.1, -0.05) is 68.8 Å². The summed E-state index contributed by atoms with van der Waals surface area (Å²) >= 11 is 0. The number of halogens is 3. The van der Waals surface area contributed by atoms with Gasteiger partial charge in [0.25, 0.3) is 0 Å². The molecule has 0 fully saturated rings. The third kappa shape index (κ3) is 5.93. The van der Waals surface area contributed by atoms with E-state index in [1.807, 2.05) is 53.8 Å². The summed E-state index contributed by atoms with van der Waals surface area (Å²) in [6.07, 6.45) is -5.48. The minimum absolute atomic E-state index is 0.00384. The lowest BCUT2D eigenvalue weighted by atomic mass is 9.98. The molecule has 2 aromatic carbocycles. The Bertz CT molecular complexity index is 1040. The van der Waals surface area contributed by atoms with Crippen molar-refractivity contribution in [3.63, 3.8) is 0 Å². The van der Waals surface area contributed by atoms with Gasteiger partial charge in [-0.3, -0.25) is 9.59 Å². The van der Waals surface area contributed by atoms with Gasteiger partial charge >= 0.3 is 18.2 Å². The van der Waals surface area contributed by atoms with E-state index in [0.29, 0.717) is 6.42 Å². The van der Waals surface area contributed by atoms with Crippen LogP contribution in [0, 0.1) is 11.8 Å². The van der Waals surface area contributed by atoms with Gasteiger partial charge < -0.3 is 20.5 Å². The molecule has 1 aliphatic rings. The van der Waals surface area contributed by atoms with Gasteiger partial charge in [0.2, 0.25) is 5.91 Å². The van der Waals surface area contributed by atoms with Gasteiger partial charge in [0, 0.05) is 12.5 Å². The summed E-state index contributed by atoms with van der Waals surface area (Å²) in [6.45, 7) is 2.26. The van der Waals surface area contributed by atoms with Gasteiger partial charge in [-0.05, 0) is 28.2 Å². The summed E-state index contributed by atoms with van der Waals surface area (Å²) in [6, 6.07) is 14.3. The van der Waals surface area contributed by atoms with Crippen LogP contribution >= 0.6 is 0 Å². The molecule has 3 rings (SSSR count). The van der Waals surface area contributed by atoms with E-state index in [1.54, 1.807) is 13.8 Å². The number of carboxylic acids is 1. The molecule has 35 heavy (non-hydrogen) atoms. The number of nitrogens with one attached hydrogen (secondary N) is 2. The number of carboxylic acid groups (broad SMARTS) is 1. The Labute approximate surface area is 200 Å². The molecule has 3 N–H and O–H groups in total. The van der Waals surface area contributed by atoms with E-state index in [9.17, 15) is 27.6 Å². The number of hydrogen-bond donors (Lipinski definition) is 3. The Kier molecular flexibility index (Phi) is 8.03. The van der Waals surface area contributed by atoms with Gasteiger partial charge in [0.15, 0.2) is 5.92 Å². The molecule has 0 radical (unpaired) electrons. The van der Waals surface area contributed by atoms with Crippen LogP contribution in [0.5, 0.6) is 0 Å². The highest BCUT2D eigenvalue weighted by atomic mass is 19.4. The number of fused-ring (bicyclic) bond motifs is 3. The lowest BCUT2D eigenvalue weighted by molar-refractivity contribution is -0.192. The van der Waals surface area contributed by atoms with Crippen molar-refractivity contribution in [3.05, 3.63) is 59.7 Å². The summed E-state index contributed by atoms with van der Waals surface area (Å²) < 4.78 is 44.1. The van der Waals surface area contributed by atoms with Crippen molar-refractivity contribution >= 4 is 18.0 Å². The molecular formula is C25H27F3N2O5. The third-order valence-electron chi connectivity index (χ3n) is 6.29. The first-order chi connectivity index (χ1) is 16.5. The minimum atomic E-state index is -5.02. The van der Waals surface area contributed by atoms with Crippen LogP contribution in [0.3, 0.4) is 0 Å². The molecular weight excluding hydrogens is 465 g/mol. The Morgan fingerprint density at radius 2 is 1.57 bits per heavy atom. The summed E-state index contributed by atoms with van der Waals surface area (Å²) in [5.41, 5.74) is 4.10. The molecule has 0 aromatic heterocycles. The molecule has 1 unspecified atom stereocenters. The zero-order valence-electron chi connectivity index (χ0n) is 19.3. The van der Waals surface area contributed by atoms with Gasteiger partial charge in [-0.25, -0.2) is 4.79 Å². The molecule has 2 amide bonds. The van der Waals surface area contributed by atoms with Crippen molar-refractivity contribution in [2.45, 2.75) is 38.4 Å². The first kappa shape index (κ1) is 26.1. The van der Waals surface area contributed by atoms with Crippen LogP contribution in [0.4, 0.5) is 18.0 Å². The van der Waals surface area contributed by atoms with Crippen LogP contribution in [0.2, 0.25) is 0 Å². The van der Waals surface area contributed by atoms with Gasteiger partial charge in [-0.2, -0.15) is 13.2 Å². The van der Waals surface area contributed by atoms with E-state index in [1.165, 1.54) is 0 Å². The fraction of sp³-hybridized carbons (Fsp3) is 0.400. The lowest BCUT2D eigenvalue weighted by Crippen LogP contribution is -2.52. The SMILES string of the molecule is CC[C@H](C)[C@H](NC(=O)OCC1c2ccccc2-c2ccccc21)C(=O)NCC(C(=O)O)C(F)(F)F. The van der Waals surface area contributed by atoms with E-state index in [0.717, 1.165) is 22.3 Å². The molecule has 0 bridgehead atoms. The van der Waals surface area contributed by atoms with Crippen molar-refractivity contribution in [2.75, 3.05) is 13.2 Å². The van der Waals surface area contributed by atoms with Gasteiger partial charge in [-0.15, -0.1) is 0 Å². The van der Waals surface area contributed by atoms with Crippen molar-refractivity contribution in [1.82, 2.24) is 10.6 Å². The minimum Gasteiger partial charge on any atom is -0.481 e. The number of rotatable bonds is 9. The molecule has 188 valence electrons. The topological polar surface area (TPSA) is 105 Å². The normalized spacial score (nSPS) is 15.3. The van der Waals surface area contributed by atoms with E-state index in [2.05, 4.69) is 5.32 Å². The number of hydrogen-bond acceptors (Lipinski definition) is 4. The molecule has 2 aromatic rings. The maximum atomic E-state index is 12.9. The van der Waals surface area contributed by atoms with Crippen molar-refractivity contribution in [1.29, 1.82) is 0 Å². The Hall–Kier alpha value is -3.56. The average molecular weight is 492 g/mol. The zero-order chi connectivity index (χ0) is 25.8. The molecule has 0 aliphatic heterocycles. The summed E-state index contributed by atoms with van der Waals surface area (Å²) in [5.74, 6) is -6.40. The van der Waals surface area contributed by atoms with Crippen molar-refractivity contribution in [2.24, 2.45) is 11.8 Å². The van der Waals surface area contributed by atoms with Crippen LogP contribution in [0.25, 0.3) is 11.1 Å². The second kappa shape index (κ2) is 10.8. The van der Waals surface area contributed by atoms with Crippen LogP contribution in [-0.2, 0) is 14.3 Å². The first-order valence-corrected chi connectivity index (χ1v) is 11.2.